The molecular weight excluding hydrogens is 500 g/mol. The van der Waals surface area contributed by atoms with E-state index in [1.807, 2.05) is 19.9 Å². The highest BCUT2D eigenvalue weighted by molar-refractivity contribution is 7.91. The molecule has 0 radical (unpaired) electrons. The van der Waals surface area contributed by atoms with Gasteiger partial charge in [0.05, 0.1) is 39.5 Å². The maximum Gasteiger partial charge on any atom is 0.225 e. The zero-order chi connectivity index (χ0) is 25.6. The molecule has 2 aliphatic rings. The number of rotatable bonds is 8. The van der Waals surface area contributed by atoms with Crippen LogP contribution in [0.15, 0.2) is 12.3 Å². The van der Waals surface area contributed by atoms with Crippen LogP contribution < -0.4 is 10.6 Å². The van der Waals surface area contributed by atoms with Crippen molar-refractivity contribution in [2.24, 2.45) is 5.92 Å². The molecule has 0 saturated heterocycles. The largest absolute Gasteiger partial charge is 0.390 e. The average molecular weight is 533 g/mol. The van der Waals surface area contributed by atoms with Crippen LogP contribution in [0.3, 0.4) is 0 Å². The van der Waals surface area contributed by atoms with E-state index in [1.54, 1.807) is 13.1 Å². The zero-order valence-electron chi connectivity index (χ0n) is 20.6. The molecule has 3 heterocycles. The Morgan fingerprint density at radius 1 is 1.08 bits per heavy atom. The molecule has 4 N–H and O–H groups in total. The normalized spacial score (nSPS) is 24.7. The van der Waals surface area contributed by atoms with E-state index in [-0.39, 0.29) is 11.5 Å². The summed E-state index contributed by atoms with van der Waals surface area (Å²) in [7, 11) is -3.30. The first-order chi connectivity index (χ1) is 17.1. The van der Waals surface area contributed by atoms with Gasteiger partial charge in [0.1, 0.15) is 32.3 Å². The highest BCUT2D eigenvalue weighted by Crippen LogP contribution is 2.39. The van der Waals surface area contributed by atoms with E-state index in [0.717, 1.165) is 45.0 Å². The van der Waals surface area contributed by atoms with Crippen LogP contribution in [-0.4, -0.2) is 74.4 Å². The van der Waals surface area contributed by atoms with Crippen LogP contribution in [0, 0.1) is 19.8 Å². The van der Waals surface area contributed by atoms with Crippen LogP contribution in [0.2, 0.25) is 0 Å². The molecule has 2 saturated carbocycles. The van der Waals surface area contributed by atoms with Crippen molar-refractivity contribution in [3.8, 4) is 10.6 Å². The van der Waals surface area contributed by atoms with Crippen LogP contribution in [0.1, 0.15) is 44.0 Å². The van der Waals surface area contributed by atoms with Gasteiger partial charge in [-0.15, -0.1) is 11.3 Å². The lowest BCUT2D eigenvalue weighted by atomic mass is 9.93. The zero-order valence-corrected chi connectivity index (χ0v) is 22.2. The van der Waals surface area contributed by atoms with Gasteiger partial charge in [-0.3, -0.25) is 4.98 Å². The van der Waals surface area contributed by atoms with Crippen LogP contribution in [0.25, 0.3) is 20.8 Å². The van der Waals surface area contributed by atoms with E-state index in [1.165, 1.54) is 17.8 Å². The predicted octanol–water partition coefficient (Wildman–Crippen LogP) is 2.69. The van der Waals surface area contributed by atoms with Gasteiger partial charge in [-0.1, -0.05) is 6.92 Å². The van der Waals surface area contributed by atoms with Crippen molar-refractivity contribution in [1.29, 1.82) is 0 Å². The summed E-state index contributed by atoms with van der Waals surface area (Å²) in [6, 6.07) is 1.69. The Hall–Kier alpha value is -2.41. The van der Waals surface area contributed by atoms with Crippen molar-refractivity contribution >= 4 is 43.2 Å². The van der Waals surface area contributed by atoms with Crippen molar-refractivity contribution in [3.63, 3.8) is 0 Å². The number of aliphatic hydroxyl groups excluding tert-OH is 2. The van der Waals surface area contributed by atoms with Crippen LogP contribution in [0.5, 0.6) is 0 Å². The summed E-state index contributed by atoms with van der Waals surface area (Å²) in [5.41, 5.74) is 3.11. The second-order valence-corrected chi connectivity index (χ2v) is 13.2. The lowest BCUT2D eigenvalue weighted by Crippen LogP contribution is -2.36. The Labute approximate surface area is 214 Å². The van der Waals surface area contributed by atoms with Crippen molar-refractivity contribution < 1.29 is 18.6 Å². The summed E-state index contributed by atoms with van der Waals surface area (Å²) < 4.78 is 25.4. The standard InChI is InChI=1S/C24H32N6O4S2/c1-4-36(33,34)11-14-10-16(21(32)20(14)31)28-22-18(12(2)26-24(30-22)27-15-6-5-7-15)23-29-19-13(3)25-9-8-17(19)35-23/h8-9,14-16,20-21,31-32H,4-7,10-11H2,1-3H3,(H2,26,27,28,30)/t14-,16-,20-,21+/m1/s1. The molecule has 2 aliphatic carbocycles. The number of aromatic nitrogens is 4. The number of nitrogens with one attached hydrogen (secondary N) is 2. The maximum absolute atomic E-state index is 12.2. The van der Waals surface area contributed by atoms with Gasteiger partial charge >= 0.3 is 0 Å². The number of nitrogens with zero attached hydrogens (tertiary/aromatic N) is 4. The van der Waals surface area contributed by atoms with Crippen molar-refractivity contribution in [3.05, 3.63) is 23.7 Å². The molecule has 0 aliphatic heterocycles. The summed E-state index contributed by atoms with van der Waals surface area (Å²) in [5, 5.41) is 28.9. The van der Waals surface area contributed by atoms with Crippen LogP contribution >= 0.6 is 11.3 Å². The number of pyridine rings is 1. The highest BCUT2D eigenvalue weighted by Gasteiger charge is 2.43. The average Bonchev–Trinajstić information content (AvgIpc) is 3.34. The van der Waals surface area contributed by atoms with Gasteiger partial charge in [0.25, 0.3) is 0 Å². The topological polar surface area (TPSA) is 150 Å². The van der Waals surface area contributed by atoms with Crippen LogP contribution in [0.4, 0.5) is 11.8 Å². The SMILES string of the molecule is CCS(=O)(=O)C[C@H]1C[C@@H](Nc2nc(NC3CCC3)nc(C)c2-c2nc3c(C)nccc3s2)[C@H](O)[C@@H]1O. The number of fused-ring (bicyclic) bond motifs is 1. The minimum Gasteiger partial charge on any atom is -0.390 e. The molecule has 36 heavy (non-hydrogen) atoms. The van der Waals surface area contributed by atoms with Gasteiger partial charge in [-0.2, -0.15) is 4.98 Å². The molecule has 0 spiro atoms. The Bertz CT molecular complexity index is 1370. The molecule has 0 aromatic carbocycles. The monoisotopic (exact) mass is 532 g/mol. The van der Waals surface area contributed by atoms with E-state index in [9.17, 15) is 18.6 Å². The Morgan fingerprint density at radius 3 is 2.53 bits per heavy atom. The number of aliphatic hydroxyl groups is 2. The van der Waals surface area contributed by atoms with Crippen molar-refractivity contribution in [1.82, 2.24) is 19.9 Å². The predicted molar refractivity (Wildman–Crippen MR) is 141 cm³/mol. The third-order valence-electron chi connectivity index (χ3n) is 7.26. The Morgan fingerprint density at radius 2 is 1.86 bits per heavy atom. The first-order valence-electron chi connectivity index (χ1n) is 12.4. The molecule has 10 nitrogen and oxygen atoms in total. The second kappa shape index (κ2) is 9.81. The number of anilines is 2. The summed E-state index contributed by atoms with van der Waals surface area (Å²) >= 11 is 1.52. The highest BCUT2D eigenvalue weighted by atomic mass is 32.2. The molecule has 3 aromatic heterocycles. The first kappa shape index (κ1) is 25.2. The summed E-state index contributed by atoms with van der Waals surface area (Å²) in [4.78, 5) is 18.6. The van der Waals surface area contributed by atoms with Crippen LogP contribution in [-0.2, 0) is 9.84 Å². The minimum absolute atomic E-state index is 0.00173. The summed E-state index contributed by atoms with van der Waals surface area (Å²) in [6.45, 7) is 5.41. The molecule has 2 fully saturated rings. The van der Waals surface area contributed by atoms with E-state index in [4.69, 9.17) is 15.0 Å². The first-order valence-corrected chi connectivity index (χ1v) is 15.0. The fourth-order valence-corrected chi connectivity index (χ4v) is 7.21. The molecule has 0 unspecified atom stereocenters. The minimum atomic E-state index is -3.30. The smallest absolute Gasteiger partial charge is 0.225 e. The number of hydrogen-bond acceptors (Lipinski definition) is 11. The molecule has 12 heteroatoms. The van der Waals surface area contributed by atoms with E-state index >= 15 is 0 Å². The summed E-state index contributed by atoms with van der Waals surface area (Å²) in [5.74, 6) is 0.290. The molecule has 194 valence electrons. The third kappa shape index (κ3) is 4.91. The number of sulfone groups is 1. The number of hydrogen-bond donors (Lipinski definition) is 4. The van der Waals surface area contributed by atoms with E-state index in [2.05, 4.69) is 15.6 Å². The van der Waals surface area contributed by atoms with Crippen molar-refractivity contribution in [2.45, 2.75) is 70.7 Å². The Balaban J connectivity index is 1.51. The molecular formula is C24H32N6O4S2. The lowest BCUT2D eigenvalue weighted by Gasteiger charge is -2.27. The fraction of sp³-hybridized carbons (Fsp3) is 0.583. The number of aryl methyl sites for hydroxylation is 2. The third-order valence-corrected chi connectivity index (χ3v) is 10.1. The summed E-state index contributed by atoms with van der Waals surface area (Å²) in [6.07, 6.45) is 3.10. The molecule has 3 aromatic rings. The van der Waals surface area contributed by atoms with Gasteiger partial charge in [0.15, 0.2) is 0 Å². The molecule has 0 amide bonds. The van der Waals surface area contributed by atoms with E-state index < -0.39 is 34.0 Å². The van der Waals surface area contributed by atoms with Gasteiger partial charge in [0, 0.05) is 23.9 Å². The Kier molecular flexibility index (Phi) is 6.88. The fourth-order valence-electron chi connectivity index (χ4n) is 4.87. The van der Waals surface area contributed by atoms with Gasteiger partial charge in [-0.25, -0.2) is 18.4 Å². The van der Waals surface area contributed by atoms with Gasteiger partial charge in [0.2, 0.25) is 5.95 Å². The number of thiazole rings is 1. The molecule has 0 bridgehead atoms. The van der Waals surface area contributed by atoms with Crippen molar-refractivity contribution in [2.75, 3.05) is 22.1 Å². The molecule has 5 rings (SSSR count). The van der Waals surface area contributed by atoms with Gasteiger partial charge < -0.3 is 20.8 Å². The quantitative estimate of drug-likeness (QED) is 0.341. The second-order valence-electron chi connectivity index (χ2n) is 9.82. The van der Waals surface area contributed by atoms with Gasteiger partial charge in [-0.05, 0) is 45.6 Å². The molecule has 4 atom stereocenters. The maximum atomic E-state index is 12.2. The van der Waals surface area contributed by atoms with E-state index in [0.29, 0.717) is 24.2 Å². The lowest BCUT2D eigenvalue weighted by molar-refractivity contribution is 0.0216.